The Morgan fingerprint density at radius 1 is 1.50 bits per heavy atom. The molecule has 0 aliphatic rings. The van der Waals surface area contributed by atoms with Gasteiger partial charge in [-0.25, -0.2) is 4.98 Å². The van der Waals surface area contributed by atoms with Crippen molar-refractivity contribution in [1.29, 1.82) is 0 Å². The maximum atomic E-state index is 5.21. The van der Waals surface area contributed by atoms with Crippen LogP contribution in [-0.2, 0) is 17.7 Å². The van der Waals surface area contributed by atoms with Crippen molar-refractivity contribution in [2.45, 2.75) is 39.8 Å². The van der Waals surface area contributed by atoms with E-state index in [2.05, 4.69) is 31.1 Å². The van der Waals surface area contributed by atoms with E-state index in [1.54, 1.807) is 18.4 Å². The van der Waals surface area contributed by atoms with Crippen LogP contribution in [0.1, 0.15) is 30.7 Å². The Morgan fingerprint density at radius 3 is 2.75 bits per heavy atom. The summed E-state index contributed by atoms with van der Waals surface area (Å²) in [5, 5.41) is 4.73. The third-order valence-corrected chi connectivity index (χ3v) is 3.73. The molecular formula is C12H22N2OS. The highest BCUT2D eigenvalue weighted by Crippen LogP contribution is 2.13. The van der Waals surface area contributed by atoms with Crippen molar-refractivity contribution in [1.82, 2.24) is 10.3 Å². The zero-order valence-corrected chi connectivity index (χ0v) is 11.4. The lowest BCUT2D eigenvalue weighted by Gasteiger charge is -2.21. The second kappa shape index (κ2) is 6.99. The number of hydrogen-bond acceptors (Lipinski definition) is 4. The highest BCUT2D eigenvalue weighted by molar-refractivity contribution is 7.11. The average Bonchev–Trinajstić information content (AvgIpc) is 2.71. The Balaban J connectivity index is 2.42. The number of nitrogens with one attached hydrogen (secondary N) is 1. The quantitative estimate of drug-likeness (QED) is 0.797. The molecule has 0 aliphatic heterocycles. The zero-order valence-electron chi connectivity index (χ0n) is 10.6. The van der Waals surface area contributed by atoms with Crippen molar-refractivity contribution in [3.8, 4) is 0 Å². The second-order valence-corrected chi connectivity index (χ2v) is 5.46. The van der Waals surface area contributed by atoms with Gasteiger partial charge in [0.15, 0.2) is 0 Å². The molecule has 1 atom stereocenters. The summed E-state index contributed by atoms with van der Waals surface area (Å²) in [6, 6.07) is 0.414. The van der Waals surface area contributed by atoms with Crippen LogP contribution in [0.15, 0.2) is 6.20 Å². The fourth-order valence-electron chi connectivity index (χ4n) is 1.49. The molecule has 0 bridgehead atoms. The van der Waals surface area contributed by atoms with Gasteiger partial charge in [-0.15, -0.1) is 11.3 Å². The smallest absolute Gasteiger partial charge is 0.0925 e. The van der Waals surface area contributed by atoms with Gasteiger partial charge in [-0.3, -0.25) is 0 Å². The summed E-state index contributed by atoms with van der Waals surface area (Å²) in [7, 11) is 1.75. The van der Waals surface area contributed by atoms with Gasteiger partial charge in [0, 0.05) is 30.8 Å². The normalized spacial score (nSPS) is 13.3. The lowest BCUT2D eigenvalue weighted by Crippen LogP contribution is -2.37. The molecule has 1 aromatic heterocycles. The number of hydrogen-bond donors (Lipinski definition) is 1. The molecule has 0 fully saturated rings. The minimum atomic E-state index is 0.414. The van der Waals surface area contributed by atoms with Crippen LogP contribution in [0, 0.1) is 5.92 Å². The van der Waals surface area contributed by atoms with E-state index in [0.29, 0.717) is 12.0 Å². The van der Waals surface area contributed by atoms with Gasteiger partial charge < -0.3 is 10.1 Å². The maximum Gasteiger partial charge on any atom is 0.0925 e. The first kappa shape index (κ1) is 13.6. The van der Waals surface area contributed by atoms with Gasteiger partial charge in [-0.05, 0) is 12.3 Å². The molecule has 1 unspecified atom stereocenters. The molecule has 16 heavy (non-hydrogen) atoms. The molecule has 0 aliphatic carbocycles. The van der Waals surface area contributed by atoms with Crippen LogP contribution in [0.5, 0.6) is 0 Å². The van der Waals surface area contributed by atoms with Gasteiger partial charge in [0.2, 0.25) is 0 Å². The van der Waals surface area contributed by atoms with Crippen molar-refractivity contribution < 1.29 is 4.74 Å². The molecule has 0 aromatic carbocycles. The largest absolute Gasteiger partial charge is 0.383 e. The third-order valence-electron chi connectivity index (χ3n) is 2.59. The van der Waals surface area contributed by atoms with E-state index in [1.165, 1.54) is 9.88 Å². The number of rotatable bonds is 7. The highest BCUT2D eigenvalue weighted by atomic mass is 32.1. The van der Waals surface area contributed by atoms with Crippen molar-refractivity contribution in [2.24, 2.45) is 5.92 Å². The molecular weight excluding hydrogens is 220 g/mol. The van der Waals surface area contributed by atoms with Gasteiger partial charge in [0.25, 0.3) is 0 Å². The van der Waals surface area contributed by atoms with Crippen LogP contribution in [0.2, 0.25) is 0 Å². The van der Waals surface area contributed by atoms with E-state index in [-0.39, 0.29) is 0 Å². The van der Waals surface area contributed by atoms with Crippen LogP contribution in [0.25, 0.3) is 0 Å². The van der Waals surface area contributed by atoms with Gasteiger partial charge in [0.05, 0.1) is 11.6 Å². The van der Waals surface area contributed by atoms with Crippen molar-refractivity contribution in [2.75, 3.05) is 13.7 Å². The van der Waals surface area contributed by atoms with Crippen molar-refractivity contribution in [3.05, 3.63) is 16.1 Å². The van der Waals surface area contributed by atoms with Gasteiger partial charge in [0.1, 0.15) is 0 Å². The predicted octanol–water partition coefficient (Wildman–Crippen LogP) is 2.47. The SMILES string of the molecule is CCc1ncc(CNC(COC)C(C)C)s1. The fourth-order valence-corrected chi connectivity index (χ4v) is 2.30. The molecule has 1 rings (SSSR count). The van der Waals surface area contributed by atoms with Gasteiger partial charge in [-0.1, -0.05) is 20.8 Å². The minimum absolute atomic E-state index is 0.414. The second-order valence-electron chi connectivity index (χ2n) is 4.26. The molecule has 1 N–H and O–H groups in total. The number of methoxy groups -OCH3 is 1. The maximum absolute atomic E-state index is 5.21. The third kappa shape index (κ3) is 4.20. The summed E-state index contributed by atoms with van der Waals surface area (Å²) < 4.78 is 5.21. The van der Waals surface area contributed by atoms with E-state index >= 15 is 0 Å². The Kier molecular flexibility index (Phi) is 5.95. The predicted molar refractivity (Wildman–Crippen MR) is 68.8 cm³/mol. The molecule has 92 valence electrons. The summed E-state index contributed by atoms with van der Waals surface area (Å²) in [5.74, 6) is 0.582. The summed E-state index contributed by atoms with van der Waals surface area (Å²) in [5.41, 5.74) is 0. The molecule has 0 spiro atoms. The number of aryl methyl sites for hydroxylation is 1. The van der Waals surface area contributed by atoms with Crippen molar-refractivity contribution >= 4 is 11.3 Å². The number of aromatic nitrogens is 1. The molecule has 0 saturated carbocycles. The highest BCUT2D eigenvalue weighted by Gasteiger charge is 2.12. The minimum Gasteiger partial charge on any atom is -0.383 e. The van der Waals surface area contributed by atoms with E-state index in [4.69, 9.17) is 4.74 Å². The first-order valence-corrected chi connectivity index (χ1v) is 6.64. The molecule has 0 amide bonds. The lowest BCUT2D eigenvalue weighted by atomic mass is 10.1. The molecule has 0 radical (unpaired) electrons. The van der Waals surface area contributed by atoms with Gasteiger partial charge in [-0.2, -0.15) is 0 Å². The lowest BCUT2D eigenvalue weighted by molar-refractivity contribution is 0.146. The average molecular weight is 242 g/mol. The van der Waals surface area contributed by atoms with Crippen LogP contribution in [-0.4, -0.2) is 24.7 Å². The fraction of sp³-hybridized carbons (Fsp3) is 0.750. The van der Waals surface area contributed by atoms with Crippen LogP contribution < -0.4 is 5.32 Å². The number of ether oxygens (including phenoxy) is 1. The van der Waals surface area contributed by atoms with Gasteiger partial charge >= 0.3 is 0 Å². The van der Waals surface area contributed by atoms with E-state index in [1.807, 2.05) is 6.20 Å². The number of nitrogens with zero attached hydrogens (tertiary/aromatic N) is 1. The monoisotopic (exact) mass is 242 g/mol. The Labute approximate surface area is 102 Å². The summed E-state index contributed by atoms with van der Waals surface area (Å²) in [4.78, 5) is 5.65. The summed E-state index contributed by atoms with van der Waals surface area (Å²) in [6.45, 7) is 8.21. The molecule has 4 heteroatoms. The summed E-state index contributed by atoms with van der Waals surface area (Å²) in [6.07, 6.45) is 3.00. The Bertz CT molecular complexity index is 299. The van der Waals surface area contributed by atoms with Crippen molar-refractivity contribution in [3.63, 3.8) is 0 Å². The van der Waals surface area contributed by atoms with Crippen LogP contribution >= 0.6 is 11.3 Å². The Morgan fingerprint density at radius 2 is 2.25 bits per heavy atom. The molecule has 1 aromatic rings. The molecule has 3 nitrogen and oxygen atoms in total. The van der Waals surface area contributed by atoms with E-state index in [9.17, 15) is 0 Å². The zero-order chi connectivity index (χ0) is 12.0. The number of thiazole rings is 1. The molecule has 1 heterocycles. The first-order chi connectivity index (χ1) is 7.67. The van der Waals surface area contributed by atoms with E-state index in [0.717, 1.165) is 19.6 Å². The standard InChI is InChI=1S/C12H22N2OS/c1-5-12-14-7-10(16-12)6-13-11(8-15-4)9(2)3/h7,9,11,13H,5-6,8H2,1-4H3. The topological polar surface area (TPSA) is 34.2 Å². The van der Waals surface area contributed by atoms with Crippen LogP contribution in [0.3, 0.4) is 0 Å². The van der Waals surface area contributed by atoms with Crippen LogP contribution in [0.4, 0.5) is 0 Å². The Hall–Kier alpha value is -0.450. The molecule has 0 saturated heterocycles. The van der Waals surface area contributed by atoms with E-state index < -0.39 is 0 Å². The first-order valence-electron chi connectivity index (χ1n) is 5.83. The summed E-state index contributed by atoms with van der Waals surface area (Å²) >= 11 is 1.79.